The number of carboxylic acids is 1. The first kappa shape index (κ1) is 13.7. The van der Waals surface area contributed by atoms with Crippen molar-refractivity contribution in [1.29, 1.82) is 0 Å². The molecular weight excluding hydrogens is 218 g/mol. The summed E-state index contributed by atoms with van der Waals surface area (Å²) in [4.78, 5) is 11.1. The molecule has 1 rings (SSSR count). The first-order valence-corrected chi connectivity index (χ1v) is 5.70. The minimum absolute atomic E-state index is 0.337. The summed E-state index contributed by atoms with van der Waals surface area (Å²) < 4.78 is 0. The van der Waals surface area contributed by atoms with Crippen LogP contribution in [0.1, 0.15) is 19.4 Å². The van der Waals surface area contributed by atoms with Gasteiger partial charge in [0.1, 0.15) is 6.04 Å². The van der Waals surface area contributed by atoms with Crippen LogP contribution in [0, 0.1) is 5.92 Å². The molecule has 0 heterocycles. The van der Waals surface area contributed by atoms with E-state index in [1.807, 2.05) is 30.3 Å². The van der Waals surface area contributed by atoms with Crippen molar-refractivity contribution in [1.82, 2.24) is 5.32 Å². The van der Waals surface area contributed by atoms with Gasteiger partial charge in [-0.25, -0.2) is 0 Å². The molecule has 0 saturated carbocycles. The molecule has 3 unspecified atom stereocenters. The van der Waals surface area contributed by atoms with Crippen LogP contribution in [0.4, 0.5) is 0 Å². The van der Waals surface area contributed by atoms with Crippen LogP contribution in [0.5, 0.6) is 0 Å². The van der Waals surface area contributed by atoms with E-state index in [1.165, 1.54) is 0 Å². The maximum Gasteiger partial charge on any atom is 0.321 e. The van der Waals surface area contributed by atoms with Gasteiger partial charge in [-0.1, -0.05) is 37.3 Å². The fraction of sp³-hybridized carbons (Fsp3) is 0.462. The van der Waals surface area contributed by atoms with Crippen LogP contribution in [0.3, 0.4) is 0 Å². The molecule has 3 atom stereocenters. The molecule has 4 nitrogen and oxygen atoms in total. The summed E-state index contributed by atoms with van der Waals surface area (Å²) in [7, 11) is 0. The number of hydrogen-bond donors (Lipinski definition) is 3. The number of aliphatic carboxylic acids is 1. The third-order valence-corrected chi connectivity index (χ3v) is 2.92. The van der Waals surface area contributed by atoms with E-state index >= 15 is 0 Å². The zero-order chi connectivity index (χ0) is 12.8. The lowest BCUT2D eigenvalue weighted by Crippen LogP contribution is -2.45. The average molecular weight is 237 g/mol. The lowest BCUT2D eigenvalue weighted by molar-refractivity contribution is -0.142. The maximum atomic E-state index is 11.1. The van der Waals surface area contributed by atoms with Gasteiger partial charge in [0.2, 0.25) is 0 Å². The Balaban J connectivity index is 2.60. The average Bonchev–Trinajstić information content (AvgIpc) is 2.29. The topological polar surface area (TPSA) is 69.6 Å². The van der Waals surface area contributed by atoms with E-state index in [1.54, 1.807) is 13.8 Å². The van der Waals surface area contributed by atoms with Crippen molar-refractivity contribution in [3.05, 3.63) is 35.9 Å². The Morgan fingerprint density at radius 3 is 2.35 bits per heavy atom. The third-order valence-electron chi connectivity index (χ3n) is 2.92. The summed E-state index contributed by atoms with van der Waals surface area (Å²) in [6.07, 6.45) is -0.653. The zero-order valence-electron chi connectivity index (χ0n) is 10.1. The second-order valence-corrected chi connectivity index (χ2v) is 4.28. The van der Waals surface area contributed by atoms with Crippen molar-refractivity contribution in [2.75, 3.05) is 0 Å². The van der Waals surface area contributed by atoms with Gasteiger partial charge in [-0.3, -0.25) is 10.1 Å². The van der Waals surface area contributed by atoms with Crippen molar-refractivity contribution in [2.24, 2.45) is 5.92 Å². The van der Waals surface area contributed by atoms with Crippen molar-refractivity contribution >= 4 is 5.97 Å². The predicted molar refractivity (Wildman–Crippen MR) is 65.6 cm³/mol. The third kappa shape index (κ3) is 4.17. The van der Waals surface area contributed by atoms with Gasteiger partial charge in [0.15, 0.2) is 0 Å². The molecule has 17 heavy (non-hydrogen) atoms. The number of carbonyl (C=O) groups is 1. The van der Waals surface area contributed by atoms with Crippen LogP contribution in [-0.4, -0.2) is 28.3 Å². The van der Waals surface area contributed by atoms with Gasteiger partial charge >= 0.3 is 5.97 Å². The molecule has 94 valence electrons. The molecule has 0 saturated heterocycles. The molecule has 0 fully saturated rings. The number of aliphatic hydroxyl groups is 1. The van der Waals surface area contributed by atoms with Crippen molar-refractivity contribution < 1.29 is 15.0 Å². The minimum Gasteiger partial charge on any atom is -0.480 e. The van der Waals surface area contributed by atoms with Gasteiger partial charge in [0, 0.05) is 12.5 Å². The molecule has 0 aliphatic rings. The van der Waals surface area contributed by atoms with Crippen molar-refractivity contribution in [3.63, 3.8) is 0 Å². The number of benzene rings is 1. The highest BCUT2D eigenvalue weighted by molar-refractivity contribution is 5.73. The Hall–Kier alpha value is -1.39. The summed E-state index contributed by atoms with van der Waals surface area (Å²) in [5.41, 5.74) is 1.02. The predicted octanol–water partition coefficient (Wildman–Crippen LogP) is 1.25. The molecule has 0 amide bonds. The summed E-state index contributed by atoms with van der Waals surface area (Å²) in [5, 5.41) is 21.5. The van der Waals surface area contributed by atoms with Crippen LogP contribution in [0.2, 0.25) is 0 Å². The summed E-state index contributed by atoms with van der Waals surface area (Å²) >= 11 is 0. The van der Waals surface area contributed by atoms with E-state index in [4.69, 9.17) is 5.11 Å². The molecule has 0 aromatic heterocycles. The van der Waals surface area contributed by atoms with Gasteiger partial charge < -0.3 is 10.2 Å². The van der Waals surface area contributed by atoms with Gasteiger partial charge in [-0.05, 0) is 12.5 Å². The Bertz CT molecular complexity index is 351. The van der Waals surface area contributed by atoms with E-state index in [0.29, 0.717) is 6.54 Å². The molecule has 0 aliphatic carbocycles. The standard InChI is InChI=1S/C13H19NO3/c1-9(10(2)15)12(13(16)17)14-8-11-6-4-3-5-7-11/h3-7,9-10,12,14-15H,8H2,1-2H3,(H,16,17). The minimum atomic E-state index is -0.936. The molecule has 0 spiro atoms. The highest BCUT2D eigenvalue weighted by Gasteiger charge is 2.27. The van der Waals surface area contributed by atoms with E-state index in [9.17, 15) is 9.90 Å². The largest absolute Gasteiger partial charge is 0.480 e. The Labute approximate surface area is 101 Å². The molecule has 0 radical (unpaired) electrons. The normalized spacial score (nSPS) is 16.2. The van der Waals surface area contributed by atoms with E-state index in [0.717, 1.165) is 5.56 Å². The van der Waals surface area contributed by atoms with E-state index in [-0.39, 0.29) is 5.92 Å². The monoisotopic (exact) mass is 237 g/mol. The lowest BCUT2D eigenvalue weighted by atomic mass is 9.96. The van der Waals surface area contributed by atoms with E-state index < -0.39 is 18.1 Å². The SMILES string of the molecule is CC(O)C(C)C(NCc1ccccc1)C(=O)O. The molecule has 3 N–H and O–H groups in total. The van der Waals surface area contributed by atoms with Crippen molar-refractivity contribution in [2.45, 2.75) is 32.5 Å². The van der Waals surface area contributed by atoms with Crippen molar-refractivity contribution in [3.8, 4) is 0 Å². The highest BCUT2D eigenvalue weighted by Crippen LogP contribution is 2.10. The van der Waals surface area contributed by atoms with Gasteiger partial charge in [-0.2, -0.15) is 0 Å². The van der Waals surface area contributed by atoms with Crippen LogP contribution in [0.25, 0.3) is 0 Å². The molecule has 0 aliphatic heterocycles. The second-order valence-electron chi connectivity index (χ2n) is 4.28. The molecule has 1 aromatic carbocycles. The first-order valence-electron chi connectivity index (χ1n) is 5.70. The number of hydrogen-bond acceptors (Lipinski definition) is 3. The fourth-order valence-corrected chi connectivity index (χ4v) is 1.60. The maximum absolute atomic E-state index is 11.1. The highest BCUT2D eigenvalue weighted by atomic mass is 16.4. The quantitative estimate of drug-likeness (QED) is 0.696. The first-order chi connectivity index (χ1) is 8.02. The number of rotatable bonds is 6. The molecule has 4 heteroatoms. The number of carboxylic acid groups (broad SMARTS) is 1. The van der Waals surface area contributed by atoms with Crippen LogP contribution in [0.15, 0.2) is 30.3 Å². The van der Waals surface area contributed by atoms with Gasteiger partial charge in [-0.15, -0.1) is 0 Å². The summed E-state index contributed by atoms with van der Waals surface area (Å²) in [6.45, 7) is 3.81. The summed E-state index contributed by atoms with van der Waals surface area (Å²) in [5.74, 6) is -1.27. The lowest BCUT2D eigenvalue weighted by Gasteiger charge is -2.23. The van der Waals surface area contributed by atoms with Crippen LogP contribution in [-0.2, 0) is 11.3 Å². The van der Waals surface area contributed by atoms with Gasteiger partial charge in [0.05, 0.1) is 6.10 Å². The summed E-state index contributed by atoms with van der Waals surface area (Å²) in [6, 6.07) is 8.85. The Morgan fingerprint density at radius 1 is 1.29 bits per heavy atom. The Morgan fingerprint density at radius 2 is 1.88 bits per heavy atom. The van der Waals surface area contributed by atoms with Crippen LogP contribution < -0.4 is 5.32 Å². The van der Waals surface area contributed by atoms with Gasteiger partial charge in [0.25, 0.3) is 0 Å². The Kier molecular flexibility index (Phi) is 5.12. The van der Waals surface area contributed by atoms with Crippen LogP contribution >= 0.6 is 0 Å². The second kappa shape index (κ2) is 6.37. The fourth-order valence-electron chi connectivity index (χ4n) is 1.60. The molecular formula is C13H19NO3. The smallest absolute Gasteiger partial charge is 0.321 e. The van der Waals surface area contributed by atoms with E-state index in [2.05, 4.69) is 5.32 Å². The molecule has 1 aromatic rings. The molecule has 0 bridgehead atoms. The zero-order valence-corrected chi connectivity index (χ0v) is 10.1. The number of nitrogens with one attached hydrogen (secondary N) is 1. The number of aliphatic hydroxyl groups excluding tert-OH is 1.